The standard InChI is InChI=1S/C29H31F5N6O2/c1-17-15-40(16-18(2)38(17)3)26-12-24(31)21(19-13-35-28(36-14-19)39-6-8-42-9-7-39)11-25(26)37-27(41)22-10-20(29(32,33)34)4-5-23(22)30/h4-5,10-14,17-18H,6-9,15-16H2,1-3H3,(H,37,41). The minimum absolute atomic E-state index is 0.0716. The van der Waals surface area contributed by atoms with E-state index in [0.717, 1.165) is 0 Å². The van der Waals surface area contributed by atoms with E-state index in [1.165, 1.54) is 24.5 Å². The summed E-state index contributed by atoms with van der Waals surface area (Å²) in [5.41, 5.74) is -1.09. The predicted molar refractivity (Wildman–Crippen MR) is 149 cm³/mol. The molecule has 0 spiro atoms. The monoisotopic (exact) mass is 590 g/mol. The van der Waals surface area contributed by atoms with Crippen molar-refractivity contribution in [1.29, 1.82) is 0 Å². The Bertz CT molecular complexity index is 1430. The maximum Gasteiger partial charge on any atom is 0.416 e. The number of halogens is 5. The summed E-state index contributed by atoms with van der Waals surface area (Å²) in [6.45, 7) is 7.34. The van der Waals surface area contributed by atoms with Gasteiger partial charge in [-0.1, -0.05) is 0 Å². The summed E-state index contributed by atoms with van der Waals surface area (Å²) >= 11 is 0. The molecule has 2 saturated heterocycles. The molecule has 5 rings (SSSR count). The maximum absolute atomic E-state index is 15.7. The van der Waals surface area contributed by atoms with Crippen LogP contribution in [-0.4, -0.2) is 79.3 Å². The molecule has 2 unspecified atom stereocenters. The van der Waals surface area contributed by atoms with Gasteiger partial charge in [-0.15, -0.1) is 0 Å². The minimum atomic E-state index is -4.77. The van der Waals surface area contributed by atoms with Crippen LogP contribution in [0.4, 0.5) is 39.3 Å². The van der Waals surface area contributed by atoms with E-state index >= 15 is 4.39 Å². The molecule has 224 valence electrons. The number of hydrogen-bond donors (Lipinski definition) is 1. The third-order valence-electron chi connectivity index (χ3n) is 7.82. The van der Waals surface area contributed by atoms with Crippen LogP contribution in [0.1, 0.15) is 29.8 Å². The number of hydrogen-bond acceptors (Lipinski definition) is 7. The molecule has 2 aliphatic rings. The highest BCUT2D eigenvalue weighted by atomic mass is 19.4. The Morgan fingerprint density at radius 2 is 1.60 bits per heavy atom. The zero-order valence-electron chi connectivity index (χ0n) is 23.4. The number of carbonyl (C=O) groups excluding carboxylic acids is 1. The second-order valence-electron chi connectivity index (χ2n) is 10.6. The molecule has 2 fully saturated rings. The van der Waals surface area contributed by atoms with Crippen molar-refractivity contribution in [2.75, 3.05) is 61.6 Å². The van der Waals surface area contributed by atoms with Crippen LogP contribution in [0.15, 0.2) is 42.7 Å². The van der Waals surface area contributed by atoms with Crippen LogP contribution in [0, 0.1) is 11.6 Å². The Morgan fingerprint density at radius 1 is 0.952 bits per heavy atom. The van der Waals surface area contributed by atoms with Gasteiger partial charge in [0.2, 0.25) is 5.95 Å². The fourth-order valence-electron chi connectivity index (χ4n) is 5.20. The van der Waals surface area contributed by atoms with Gasteiger partial charge in [0.05, 0.1) is 35.7 Å². The molecule has 0 radical (unpaired) electrons. The van der Waals surface area contributed by atoms with Crippen LogP contribution in [0.3, 0.4) is 0 Å². The molecule has 1 N–H and O–H groups in total. The van der Waals surface area contributed by atoms with Gasteiger partial charge in [-0.3, -0.25) is 9.69 Å². The topological polar surface area (TPSA) is 73.8 Å². The molecule has 1 amide bonds. The normalized spacial score (nSPS) is 20.1. The predicted octanol–water partition coefficient (Wildman–Crippen LogP) is 5.06. The van der Waals surface area contributed by atoms with Gasteiger partial charge in [-0.05, 0) is 51.2 Å². The summed E-state index contributed by atoms with van der Waals surface area (Å²) < 4.78 is 75.5. The first-order valence-electron chi connectivity index (χ1n) is 13.6. The molecule has 2 aliphatic heterocycles. The molecular formula is C29H31F5N6O2. The number of amides is 1. The Balaban J connectivity index is 1.53. The van der Waals surface area contributed by atoms with Crippen molar-refractivity contribution in [3.8, 4) is 11.1 Å². The number of rotatable bonds is 5. The third-order valence-corrected chi connectivity index (χ3v) is 7.82. The van der Waals surface area contributed by atoms with Gasteiger partial charge in [-0.2, -0.15) is 13.2 Å². The van der Waals surface area contributed by atoms with E-state index in [1.807, 2.05) is 30.7 Å². The largest absolute Gasteiger partial charge is 0.416 e. The van der Waals surface area contributed by atoms with Crippen LogP contribution >= 0.6 is 0 Å². The first-order valence-corrected chi connectivity index (χ1v) is 13.6. The van der Waals surface area contributed by atoms with E-state index in [2.05, 4.69) is 20.2 Å². The van der Waals surface area contributed by atoms with Crippen LogP contribution in [0.25, 0.3) is 11.1 Å². The summed E-state index contributed by atoms with van der Waals surface area (Å²) in [5, 5.41) is 2.55. The molecule has 2 aromatic carbocycles. The Morgan fingerprint density at radius 3 is 2.21 bits per heavy atom. The number of piperazine rings is 1. The van der Waals surface area contributed by atoms with Gasteiger partial charge >= 0.3 is 6.18 Å². The molecule has 2 atom stereocenters. The highest BCUT2D eigenvalue weighted by Gasteiger charge is 2.33. The van der Waals surface area contributed by atoms with Gasteiger partial charge < -0.3 is 19.9 Å². The Hall–Kier alpha value is -3.84. The summed E-state index contributed by atoms with van der Waals surface area (Å²) in [6, 6.07) is 4.47. The van der Waals surface area contributed by atoms with E-state index in [4.69, 9.17) is 4.74 Å². The number of likely N-dealkylation sites (N-methyl/N-ethyl adjacent to an activating group) is 1. The Kier molecular flexibility index (Phi) is 8.33. The highest BCUT2D eigenvalue weighted by Crippen LogP contribution is 2.37. The summed E-state index contributed by atoms with van der Waals surface area (Å²) in [7, 11) is 1.98. The molecule has 3 aromatic rings. The van der Waals surface area contributed by atoms with Crippen LogP contribution in [0.5, 0.6) is 0 Å². The molecule has 8 nitrogen and oxygen atoms in total. The van der Waals surface area contributed by atoms with E-state index in [0.29, 0.717) is 74.8 Å². The van der Waals surface area contributed by atoms with Crippen molar-refractivity contribution < 1.29 is 31.5 Å². The fraction of sp³-hybridized carbons (Fsp3) is 0.414. The molecular weight excluding hydrogens is 559 g/mol. The molecule has 3 heterocycles. The average Bonchev–Trinajstić information content (AvgIpc) is 2.96. The number of morpholine rings is 1. The number of alkyl halides is 3. The van der Waals surface area contributed by atoms with E-state index in [1.54, 1.807) is 0 Å². The number of carbonyl (C=O) groups is 1. The van der Waals surface area contributed by atoms with E-state index in [-0.39, 0.29) is 23.3 Å². The number of aromatic nitrogens is 2. The van der Waals surface area contributed by atoms with Crippen molar-refractivity contribution in [2.45, 2.75) is 32.1 Å². The van der Waals surface area contributed by atoms with Gasteiger partial charge in [0.15, 0.2) is 0 Å². The molecule has 0 saturated carbocycles. The second kappa shape index (κ2) is 11.8. The zero-order valence-corrected chi connectivity index (χ0v) is 23.4. The van der Waals surface area contributed by atoms with Gasteiger partial charge in [0.1, 0.15) is 11.6 Å². The smallest absolute Gasteiger partial charge is 0.378 e. The lowest BCUT2D eigenvalue weighted by Gasteiger charge is -2.44. The molecule has 0 bridgehead atoms. The lowest BCUT2D eigenvalue weighted by Crippen LogP contribution is -2.55. The van der Waals surface area contributed by atoms with Gasteiger partial charge in [0, 0.05) is 61.8 Å². The summed E-state index contributed by atoms with van der Waals surface area (Å²) in [5.74, 6) is -2.34. The summed E-state index contributed by atoms with van der Waals surface area (Å²) in [4.78, 5) is 28.0. The van der Waals surface area contributed by atoms with Crippen LogP contribution in [0.2, 0.25) is 0 Å². The van der Waals surface area contributed by atoms with Gasteiger partial charge in [0.25, 0.3) is 5.91 Å². The second-order valence-corrected chi connectivity index (χ2v) is 10.6. The zero-order chi connectivity index (χ0) is 30.2. The van der Waals surface area contributed by atoms with E-state index < -0.39 is 34.8 Å². The van der Waals surface area contributed by atoms with Crippen molar-refractivity contribution in [3.05, 3.63) is 65.5 Å². The number of nitrogens with one attached hydrogen (secondary N) is 1. The average molecular weight is 591 g/mol. The molecule has 1 aromatic heterocycles. The van der Waals surface area contributed by atoms with Crippen LogP contribution in [-0.2, 0) is 10.9 Å². The molecule has 42 heavy (non-hydrogen) atoms. The van der Waals surface area contributed by atoms with Crippen LogP contribution < -0.4 is 15.1 Å². The maximum atomic E-state index is 15.7. The first kappa shape index (κ1) is 29.6. The van der Waals surface area contributed by atoms with E-state index in [9.17, 15) is 22.4 Å². The summed E-state index contributed by atoms with van der Waals surface area (Å²) in [6.07, 6.45) is -1.83. The molecule has 0 aliphatic carbocycles. The lowest BCUT2D eigenvalue weighted by molar-refractivity contribution is -0.137. The van der Waals surface area contributed by atoms with Crippen molar-refractivity contribution in [2.24, 2.45) is 0 Å². The number of anilines is 3. The lowest BCUT2D eigenvalue weighted by atomic mass is 10.0. The fourth-order valence-corrected chi connectivity index (χ4v) is 5.20. The number of nitrogens with zero attached hydrogens (tertiary/aromatic N) is 5. The van der Waals surface area contributed by atoms with Crippen molar-refractivity contribution in [3.63, 3.8) is 0 Å². The minimum Gasteiger partial charge on any atom is -0.378 e. The third kappa shape index (κ3) is 6.16. The quantitative estimate of drug-likeness (QED) is 0.417. The van der Waals surface area contributed by atoms with Gasteiger partial charge in [-0.25, -0.2) is 18.7 Å². The highest BCUT2D eigenvalue weighted by molar-refractivity contribution is 6.06. The number of benzene rings is 2. The van der Waals surface area contributed by atoms with Crippen molar-refractivity contribution >= 4 is 23.2 Å². The number of ether oxygens (including phenoxy) is 1. The molecule has 13 heteroatoms. The first-order chi connectivity index (χ1) is 19.9. The SMILES string of the molecule is CC1CN(c2cc(F)c(-c3cnc(N4CCOCC4)nc3)cc2NC(=O)c2cc(C(F)(F)F)ccc2F)CC(C)N1C. The Labute approximate surface area is 240 Å². The van der Waals surface area contributed by atoms with Crippen molar-refractivity contribution in [1.82, 2.24) is 14.9 Å².